The number of halogens is 3. The van der Waals surface area contributed by atoms with Crippen LogP contribution in [0, 0.1) is 0 Å². The van der Waals surface area contributed by atoms with E-state index < -0.39 is 23.6 Å². The molecular weight excluding hydrogens is 587 g/mol. The van der Waals surface area contributed by atoms with E-state index in [9.17, 15) is 9.59 Å². The van der Waals surface area contributed by atoms with Gasteiger partial charge in [-0.1, -0.05) is 48.0 Å². The van der Waals surface area contributed by atoms with E-state index in [1.54, 1.807) is 18.2 Å². The lowest BCUT2D eigenvalue weighted by Gasteiger charge is -2.40. The zero-order valence-corrected chi connectivity index (χ0v) is 24.6. The molecule has 216 valence electrons. The lowest BCUT2D eigenvalue weighted by atomic mass is 9.89. The average molecular weight is 618 g/mol. The van der Waals surface area contributed by atoms with Gasteiger partial charge in [-0.25, -0.2) is 9.69 Å². The molecule has 4 aromatic rings. The molecule has 0 aliphatic carbocycles. The third-order valence-electron chi connectivity index (χ3n) is 7.64. The highest BCUT2D eigenvalue weighted by atomic mass is 35.5. The first-order valence-electron chi connectivity index (χ1n) is 13.0. The summed E-state index contributed by atoms with van der Waals surface area (Å²) in [4.78, 5) is 28.9. The molecule has 12 heteroatoms. The van der Waals surface area contributed by atoms with Gasteiger partial charge in [0.15, 0.2) is 11.4 Å². The van der Waals surface area contributed by atoms with Crippen molar-refractivity contribution in [3.05, 3.63) is 88.4 Å². The van der Waals surface area contributed by atoms with E-state index in [4.69, 9.17) is 22.1 Å². The molecule has 1 aromatic heterocycles. The number of hydrogen-bond acceptors (Lipinski definition) is 7. The van der Waals surface area contributed by atoms with Crippen LogP contribution >= 0.6 is 36.4 Å². The number of benzene rings is 3. The number of fused-ring (bicyclic) bond motifs is 3. The Hall–Kier alpha value is -3.34. The predicted octanol–water partition coefficient (Wildman–Crippen LogP) is 5.28. The Morgan fingerprint density at radius 3 is 2.68 bits per heavy atom. The fourth-order valence-corrected chi connectivity index (χ4v) is 5.75. The molecule has 2 unspecified atom stereocenters. The predicted molar refractivity (Wildman–Crippen MR) is 165 cm³/mol. The number of nitrogens with two attached hydrogens (primary N) is 1. The van der Waals surface area contributed by atoms with Gasteiger partial charge in [0.1, 0.15) is 0 Å². The summed E-state index contributed by atoms with van der Waals surface area (Å²) in [6, 6.07) is 19.8. The minimum absolute atomic E-state index is 0. The highest BCUT2D eigenvalue weighted by Crippen LogP contribution is 2.44. The molecule has 3 heterocycles. The first-order valence-corrected chi connectivity index (χ1v) is 13.3. The van der Waals surface area contributed by atoms with Crippen LogP contribution in [-0.2, 0) is 21.6 Å². The molecule has 2 aliphatic rings. The van der Waals surface area contributed by atoms with E-state index in [0.717, 1.165) is 32.5 Å². The number of carbonyl (C=O) groups excluding carboxylic acids is 2. The monoisotopic (exact) mass is 616 g/mol. The van der Waals surface area contributed by atoms with Gasteiger partial charge in [0, 0.05) is 35.0 Å². The van der Waals surface area contributed by atoms with E-state index in [0.29, 0.717) is 42.5 Å². The molecule has 41 heavy (non-hydrogen) atoms. The zero-order chi connectivity index (χ0) is 27.1. The number of H-pyrrole nitrogens is 1. The average Bonchev–Trinajstić information content (AvgIpc) is 3.56. The van der Waals surface area contributed by atoms with Crippen LogP contribution in [0.2, 0.25) is 5.02 Å². The van der Waals surface area contributed by atoms with Gasteiger partial charge in [0.25, 0.3) is 5.91 Å². The Kier molecular flexibility index (Phi) is 9.16. The Balaban J connectivity index is 0.00000194. The lowest BCUT2D eigenvalue weighted by molar-refractivity contribution is -0.121. The van der Waals surface area contributed by atoms with E-state index in [-0.39, 0.29) is 30.9 Å². The van der Waals surface area contributed by atoms with E-state index >= 15 is 0 Å². The van der Waals surface area contributed by atoms with Gasteiger partial charge in [-0.15, -0.1) is 24.8 Å². The van der Waals surface area contributed by atoms with Crippen molar-refractivity contribution in [2.24, 2.45) is 0 Å². The van der Waals surface area contributed by atoms with Gasteiger partial charge in [0.05, 0.1) is 17.2 Å². The number of amides is 2. The number of aromatic amines is 1. The Morgan fingerprint density at radius 1 is 1.17 bits per heavy atom. The molecule has 3 atom stereocenters. The van der Waals surface area contributed by atoms with Crippen LogP contribution in [0.25, 0.3) is 10.9 Å². The van der Waals surface area contributed by atoms with Crippen molar-refractivity contribution < 1.29 is 14.3 Å². The van der Waals surface area contributed by atoms with Crippen LogP contribution in [0.4, 0.5) is 16.3 Å². The highest BCUT2D eigenvalue weighted by Gasteiger charge is 2.49. The first kappa shape index (κ1) is 30.6. The maximum atomic E-state index is 14.2. The van der Waals surface area contributed by atoms with Gasteiger partial charge in [-0.05, 0) is 61.3 Å². The molecule has 1 saturated heterocycles. The summed E-state index contributed by atoms with van der Waals surface area (Å²) < 4.78 is 5.98. The molecular formula is C29H31Cl3N6O3. The minimum Gasteiger partial charge on any atom is -0.436 e. The van der Waals surface area contributed by atoms with E-state index in [2.05, 4.69) is 20.8 Å². The second-order valence-corrected chi connectivity index (χ2v) is 10.6. The quantitative estimate of drug-likeness (QED) is 0.232. The topological polar surface area (TPSA) is 125 Å². The molecule has 5 N–H and O–H groups in total. The lowest BCUT2D eigenvalue weighted by Crippen LogP contribution is -2.55. The minimum atomic E-state index is -0.842. The summed E-state index contributed by atoms with van der Waals surface area (Å²) >= 11 is 6.36. The number of nitrogens with one attached hydrogen (secondary N) is 3. The number of rotatable bonds is 6. The van der Waals surface area contributed by atoms with Crippen molar-refractivity contribution in [2.75, 3.05) is 23.7 Å². The van der Waals surface area contributed by atoms with Crippen molar-refractivity contribution in [3.8, 4) is 0 Å². The fraction of sp³-hybridized carbons (Fsp3) is 0.276. The van der Waals surface area contributed by atoms with Crippen LogP contribution in [0.1, 0.15) is 36.1 Å². The second kappa shape index (κ2) is 12.3. The Morgan fingerprint density at radius 2 is 1.95 bits per heavy atom. The molecule has 6 rings (SSSR count). The van der Waals surface area contributed by atoms with Crippen molar-refractivity contribution in [3.63, 3.8) is 0 Å². The molecule has 1 fully saturated rings. The summed E-state index contributed by atoms with van der Waals surface area (Å²) in [6.07, 6.45) is 0.306. The molecule has 3 aromatic carbocycles. The summed E-state index contributed by atoms with van der Waals surface area (Å²) in [6.45, 7) is 3.15. The highest BCUT2D eigenvalue weighted by molar-refractivity contribution is 6.31. The summed E-state index contributed by atoms with van der Waals surface area (Å²) in [5.74, 6) is 0.0406. The van der Waals surface area contributed by atoms with Crippen molar-refractivity contribution in [1.29, 1.82) is 0 Å². The Bertz CT molecular complexity index is 1560. The molecule has 0 radical (unpaired) electrons. The smallest absolute Gasteiger partial charge is 0.422 e. The number of ether oxygens (including phenoxy) is 1. The normalized spacial score (nSPS) is 19.2. The number of aromatic nitrogens is 2. The summed E-state index contributed by atoms with van der Waals surface area (Å²) in [5.41, 5.74) is 9.05. The van der Waals surface area contributed by atoms with E-state index in [1.165, 1.54) is 0 Å². The first-order chi connectivity index (χ1) is 18.8. The standard InChI is InChI=1S/C29H29ClN6O3.2ClH/c1-17(19-7-9-21-23(14-19)34-35-26(21)31)33-24(13-18-5-3-2-4-6-18)27(37)36-25-10-8-20(30)15-22(25)29(39-28(36)38)11-12-32-16-29;;/h2-10,14-15,17,24,32-33H,11-13,16H2,1H3,(H3,31,34,35);2*1H/t17?,24-,29?;;/m0../s1. The fourth-order valence-electron chi connectivity index (χ4n) is 5.58. The van der Waals surface area contributed by atoms with Crippen LogP contribution in [0.5, 0.6) is 0 Å². The summed E-state index contributed by atoms with van der Waals surface area (Å²) in [7, 11) is 0. The van der Waals surface area contributed by atoms with Crippen molar-refractivity contribution in [1.82, 2.24) is 20.8 Å². The second-order valence-electron chi connectivity index (χ2n) is 10.2. The molecule has 2 aliphatic heterocycles. The third-order valence-corrected chi connectivity index (χ3v) is 7.88. The van der Waals surface area contributed by atoms with Crippen LogP contribution in [-0.4, -0.2) is 41.3 Å². The van der Waals surface area contributed by atoms with Crippen molar-refractivity contribution in [2.45, 2.75) is 37.5 Å². The molecule has 0 bridgehead atoms. The molecule has 2 amide bonds. The third kappa shape index (κ3) is 5.73. The maximum Gasteiger partial charge on any atom is 0.422 e. The number of imide groups is 1. The number of carbonyl (C=O) groups is 2. The van der Waals surface area contributed by atoms with Crippen LogP contribution < -0.4 is 21.3 Å². The number of nitrogen functional groups attached to an aromatic ring is 1. The Labute approximate surface area is 255 Å². The molecule has 1 spiro atoms. The van der Waals surface area contributed by atoms with Crippen LogP contribution in [0.3, 0.4) is 0 Å². The number of hydrogen-bond donors (Lipinski definition) is 4. The number of nitrogens with zero attached hydrogens (tertiary/aromatic N) is 2. The molecule has 0 saturated carbocycles. The van der Waals surface area contributed by atoms with Gasteiger partial charge in [-0.3, -0.25) is 15.2 Å². The SMILES string of the molecule is CC(N[C@@H](Cc1ccccc1)C(=O)N1C(=O)OC2(CCNC2)c2cc(Cl)ccc21)c1ccc2c(N)n[nH]c2c1.Cl.Cl. The zero-order valence-electron chi connectivity index (χ0n) is 22.2. The molecule has 9 nitrogen and oxygen atoms in total. The van der Waals surface area contributed by atoms with E-state index in [1.807, 2.05) is 55.5 Å². The largest absolute Gasteiger partial charge is 0.436 e. The number of anilines is 2. The van der Waals surface area contributed by atoms with Gasteiger partial charge < -0.3 is 15.8 Å². The summed E-state index contributed by atoms with van der Waals surface area (Å²) in [5, 5.41) is 15.1. The van der Waals surface area contributed by atoms with Crippen LogP contribution in [0.15, 0.2) is 66.7 Å². The van der Waals surface area contributed by atoms with Gasteiger partial charge in [0.2, 0.25) is 0 Å². The van der Waals surface area contributed by atoms with Gasteiger partial charge >= 0.3 is 6.09 Å². The van der Waals surface area contributed by atoms with Gasteiger partial charge in [-0.2, -0.15) is 5.10 Å². The maximum absolute atomic E-state index is 14.2. The van der Waals surface area contributed by atoms with Crippen molar-refractivity contribution >= 4 is 70.8 Å².